The molecule has 0 aromatic heterocycles. The molecule has 0 amide bonds. The van der Waals surface area contributed by atoms with Crippen LogP contribution in [-0.4, -0.2) is 0 Å². The van der Waals surface area contributed by atoms with Gasteiger partial charge in [0.25, 0.3) is 0 Å². The van der Waals surface area contributed by atoms with Crippen LogP contribution < -0.4 is 4.90 Å². The second-order valence-electron chi connectivity index (χ2n) is 14.0. The van der Waals surface area contributed by atoms with Crippen molar-refractivity contribution < 1.29 is 0 Å². The zero-order valence-electron chi connectivity index (χ0n) is 27.7. The molecule has 0 fully saturated rings. The minimum absolute atomic E-state index is 0.133. The molecule has 1 nitrogen and oxygen atoms in total. The molecule has 8 aromatic carbocycles. The summed E-state index contributed by atoms with van der Waals surface area (Å²) in [6, 6.07) is 65.5. The topological polar surface area (TPSA) is 3.24 Å². The van der Waals surface area contributed by atoms with E-state index < -0.39 is 5.41 Å². The van der Waals surface area contributed by atoms with Gasteiger partial charge in [-0.1, -0.05) is 172 Å². The zero-order chi connectivity index (χ0) is 32.7. The van der Waals surface area contributed by atoms with Gasteiger partial charge in [0.05, 0.1) is 22.5 Å². The SMILES string of the molecule is CC1(C)c2ccccc2C2(c3ccccc3-c3c(N(c4cccc5ccccc45)c4cccc5ccccc45)cccc32)c2ccccc21. The molecule has 1 spiro atoms. The summed E-state index contributed by atoms with van der Waals surface area (Å²) in [6.07, 6.45) is 0. The second-order valence-corrected chi connectivity index (χ2v) is 14.0. The van der Waals surface area contributed by atoms with Crippen LogP contribution in [0, 0.1) is 0 Å². The Morgan fingerprint density at radius 3 is 1.35 bits per heavy atom. The van der Waals surface area contributed by atoms with Crippen LogP contribution in [-0.2, 0) is 10.8 Å². The Bertz CT molecular complexity index is 2470. The molecule has 0 aliphatic heterocycles. The monoisotopic (exact) mass is 625 g/mol. The average molecular weight is 626 g/mol. The van der Waals surface area contributed by atoms with Crippen molar-refractivity contribution in [1.29, 1.82) is 0 Å². The van der Waals surface area contributed by atoms with E-state index in [2.05, 4.69) is 195 Å². The third kappa shape index (κ3) is 3.70. The minimum atomic E-state index is -0.451. The molecule has 0 saturated heterocycles. The minimum Gasteiger partial charge on any atom is -0.309 e. The van der Waals surface area contributed by atoms with Crippen LogP contribution in [0.3, 0.4) is 0 Å². The van der Waals surface area contributed by atoms with E-state index >= 15 is 0 Å². The Morgan fingerprint density at radius 2 is 0.755 bits per heavy atom. The van der Waals surface area contributed by atoms with Crippen molar-refractivity contribution in [2.45, 2.75) is 24.7 Å². The van der Waals surface area contributed by atoms with Crippen LogP contribution in [0.25, 0.3) is 32.7 Å². The Morgan fingerprint density at radius 1 is 0.347 bits per heavy atom. The van der Waals surface area contributed by atoms with Crippen LogP contribution in [0.2, 0.25) is 0 Å². The maximum Gasteiger partial charge on any atom is 0.0720 e. The molecule has 49 heavy (non-hydrogen) atoms. The number of nitrogens with zero attached hydrogens (tertiary/aromatic N) is 1. The van der Waals surface area contributed by atoms with Crippen LogP contribution in [0.15, 0.2) is 176 Å². The molecule has 0 atom stereocenters. The molecule has 0 saturated carbocycles. The average Bonchev–Trinajstić information content (AvgIpc) is 3.46. The molecular weight excluding hydrogens is 591 g/mol. The molecule has 10 rings (SSSR count). The van der Waals surface area contributed by atoms with Crippen molar-refractivity contribution >= 4 is 38.6 Å². The molecule has 1 heteroatoms. The Kier molecular flexibility index (Phi) is 5.91. The van der Waals surface area contributed by atoms with Crippen molar-refractivity contribution in [2.24, 2.45) is 0 Å². The highest BCUT2D eigenvalue weighted by Crippen LogP contribution is 2.64. The summed E-state index contributed by atoms with van der Waals surface area (Å²) in [5.74, 6) is 0. The number of anilines is 3. The van der Waals surface area contributed by atoms with Crippen molar-refractivity contribution in [1.82, 2.24) is 0 Å². The Labute approximate surface area is 287 Å². The van der Waals surface area contributed by atoms with Gasteiger partial charge in [-0.2, -0.15) is 0 Å². The largest absolute Gasteiger partial charge is 0.309 e. The van der Waals surface area contributed by atoms with Crippen LogP contribution in [0.1, 0.15) is 47.2 Å². The van der Waals surface area contributed by atoms with Gasteiger partial charge < -0.3 is 4.90 Å². The van der Waals surface area contributed by atoms with Gasteiger partial charge in [-0.15, -0.1) is 0 Å². The first-order valence-electron chi connectivity index (χ1n) is 17.3. The maximum absolute atomic E-state index is 2.53. The lowest BCUT2D eigenvalue weighted by Gasteiger charge is -2.46. The third-order valence-electron chi connectivity index (χ3n) is 11.3. The number of hydrogen-bond acceptors (Lipinski definition) is 1. The number of fused-ring (bicyclic) bond motifs is 11. The van der Waals surface area contributed by atoms with E-state index in [9.17, 15) is 0 Å². The van der Waals surface area contributed by atoms with Gasteiger partial charge in [0, 0.05) is 21.8 Å². The molecule has 0 N–H and O–H groups in total. The van der Waals surface area contributed by atoms with E-state index in [0.29, 0.717) is 0 Å². The van der Waals surface area contributed by atoms with Crippen molar-refractivity contribution in [3.8, 4) is 11.1 Å². The molecule has 8 aromatic rings. The van der Waals surface area contributed by atoms with Gasteiger partial charge in [0.2, 0.25) is 0 Å². The maximum atomic E-state index is 2.53. The number of rotatable bonds is 3. The zero-order valence-corrected chi connectivity index (χ0v) is 27.7. The highest BCUT2D eigenvalue weighted by atomic mass is 15.1. The lowest BCUT2D eigenvalue weighted by molar-refractivity contribution is 0.563. The fourth-order valence-electron chi connectivity index (χ4n) is 9.27. The smallest absolute Gasteiger partial charge is 0.0720 e. The van der Waals surface area contributed by atoms with Gasteiger partial charge in [0.1, 0.15) is 0 Å². The summed E-state index contributed by atoms with van der Waals surface area (Å²) >= 11 is 0. The number of benzene rings is 8. The van der Waals surface area contributed by atoms with Gasteiger partial charge in [-0.05, 0) is 67.9 Å². The van der Waals surface area contributed by atoms with Gasteiger partial charge in [-0.25, -0.2) is 0 Å². The van der Waals surface area contributed by atoms with Crippen LogP contribution in [0.4, 0.5) is 17.1 Å². The van der Waals surface area contributed by atoms with Gasteiger partial charge in [0.15, 0.2) is 0 Å². The van der Waals surface area contributed by atoms with E-state index in [-0.39, 0.29) is 5.41 Å². The Hall–Kier alpha value is -5.92. The summed E-state index contributed by atoms with van der Waals surface area (Å²) in [5.41, 5.74) is 13.8. The molecule has 232 valence electrons. The molecule has 2 aliphatic carbocycles. The fourth-order valence-corrected chi connectivity index (χ4v) is 9.27. The summed E-state index contributed by atoms with van der Waals surface area (Å²) < 4.78 is 0. The van der Waals surface area contributed by atoms with E-state index in [1.54, 1.807) is 0 Å². The Balaban J connectivity index is 1.37. The lowest BCUT2D eigenvalue weighted by Crippen LogP contribution is -2.40. The molecule has 2 aliphatic rings. The summed E-state index contributed by atoms with van der Waals surface area (Å²) in [6.45, 7) is 4.77. The van der Waals surface area contributed by atoms with E-state index in [1.807, 2.05) is 0 Å². The molecule has 0 bridgehead atoms. The number of hydrogen-bond donors (Lipinski definition) is 0. The van der Waals surface area contributed by atoms with Crippen molar-refractivity contribution in [3.05, 3.63) is 209 Å². The predicted molar refractivity (Wildman–Crippen MR) is 206 cm³/mol. The first-order valence-corrected chi connectivity index (χ1v) is 17.3. The summed E-state index contributed by atoms with van der Waals surface area (Å²) in [5, 5.41) is 4.91. The predicted octanol–water partition coefficient (Wildman–Crippen LogP) is 12.5. The fraction of sp³-hybridized carbons (Fsp3) is 0.0833. The quantitative estimate of drug-likeness (QED) is 0.189. The third-order valence-corrected chi connectivity index (χ3v) is 11.3. The van der Waals surface area contributed by atoms with E-state index in [4.69, 9.17) is 0 Å². The highest BCUT2D eigenvalue weighted by Gasteiger charge is 2.53. The lowest BCUT2D eigenvalue weighted by atomic mass is 9.55. The molecular formula is C48H35N. The molecule has 0 radical (unpaired) electrons. The van der Waals surface area contributed by atoms with E-state index in [0.717, 1.165) is 0 Å². The summed E-state index contributed by atoms with van der Waals surface area (Å²) in [7, 11) is 0. The molecule has 0 unspecified atom stereocenters. The van der Waals surface area contributed by atoms with Crippen molar-refractivity contribution in [3.63, 3.8) is 0 Å². The first kappa shape index (κ1) is 28.1. The van der Waals surface area contributed by atoms with Crippen molar-refractivity contribution in [2.75, 3.05) is 4.90 Å². The van der Waals surface area contributed by atoms with Gasteiger partial charge >= 0.3 is 0 Å². The first-order chi connectivity index (χ1) is 24.1. The highest BCUT2D eigenvalue weighted by molar-refractivity contribution is 6.08. The second kappa shape index (κ2) is 10.3. The standard InChI is InChI=1S/C48H35N/c1-47(2)38-24-9-11-26-40(38)48(41-27-12-10-25-39(41)47)37-23-8-7-22-36(37)46-42(48)28-15-31-45(46)49(43-29-13-18-32-16-3-5-20-34(32)43)44-30-14-19-33-17-4-6-21-35(33)44/h3-31H,1-2H3. The molecule has 0 heterocycles. The van der Waals surface area contributed by atoms with Crippen LogP contribution in [0.5, 0.6) is 0 Å². The van der Waals surface area contributed by atoms with Crippen LogP contribution >= 0.6 is 0 Å². The summed E-state index contributed by atoms with van der Waals surface area (Å²) in [4.78, 5) is 2.53. The van der Waals surface area contributed by atoms with Gasteiger partial charge in [-0.3, -0.25) is 0 Å². The normalized spacial score (nSPS) is 14.7. The van der Waals surface area contributed by atoms with E-state index in [1.165, 1.54) is 83.1 Å².